The van der Waals surface area contributed by atoms with Crippen molar-refractivity contribution in [3.8, 4) is 5.75 Å². The monoisotopic (exact) mass is 380 g/mol. The number of hydrogen-bond acceptors (Lipinski definition) is 4. The molecule has 1 aromatic heterocycles. The lowest BCUT2D eigenvalue weighted by Gasteiger charge is -2.07. The Kier molecular flexibility index (Phi) is 5.99. The molecule has 0 saturated carbocycles. The van der Waals surface area contributed by atoms with Crippen LogP contribution in [0.15, 0.2) is 42.5 Å². The van der Waals surface area contributed by atoms with E-state index in [-0.39, 0.29) is 12.5 Å². The molecule has 3 rings (SSSR count). The third-order valence-corrected chi connectivity index (χ3v) is 4.54. The van der Waals surface area contributed by atoms with Crippen molar-refractivity contribution < 1.29 is 19.1 Å². The number of carbonyl (C=O) groups is 2. The number of hydrogen-bond donors (Lipinski definition) is 2. The summed E-state index contributed by atoms with van der Waals surface area (Å²) in [6.07, 6.45) is 0.685. The van der Waals surface area contributed by atoms with E-state index >= 15 is 0 Å². The number of fused-ring (bicyclic) bond motifs is 1. The number of nitrogens with one attached hydrogen (secondary N) is 2. The highest BCUT2D eigenvalue weighted by atomic mass is 16.5. The number of methoxy groups -OCH3 is 1. The van der Waals surface area contributed by atoms with Crippen LogP contribution in [0.4, 0.5) is 0 Å². The molecule has 6 heteroatoms. The molecular weight excluding hydrogens is 356 g/mol. The summed E-state index contributed by atoms with van der Waals surface area (Å²) in [5, 5.41) is 3.73. The number of carbonyl (C=O) groups excluding carboxylic acids is 2. The maximum atomic E-state index is 12.2. The minimum Gasteiger partial charge on any atom is -0.497 e. The molecule has 0 bridgehead atoms. The topological polar surface area (TPSA) is 80.4 Å². The highest BCUT2D eigenvalue weighted by molar-refractivity contribution is 5.96. The molecule has 2 N–H and O–H groups in total. The predicted octanol–water partition coefficient (Wildman–Crippen LogP) is 3.31. The lowest BCUT2D eigenvalue weighted by atomic mass is 10.1. The Morgan fingerprint density at radius 1 is 1.07 bits per heavy atom. The molecule has 1 heterocycles. The first-order chi connectivity index (χ1) is 13.5. The van der Waals surface area contributed by atoms with E-state index < -0.39 is 5.97 Å². The first-order valence-corrected chi connectivity index (χ1v) is 9.13. The van der Waals surface area contributed by atoms with Crippen LogP contribution in [0, 0.1) is 13.8 Å². The molecule has 0 aliphatic carbocycles. The highest BCUT2D eigenvalue weighted by Gasteiger charge is 2.14. The number of rotatable bonds is 7. The van der Waals surface area contributed by atoms with Gasteiger partial charge in [0.25, 0.3) is 5.91 Å². The molecule has 1 amide bonds. The molecule has 0 saturated heterocycles. The first kappa shape index (κ1) is 19.5. The van der Waals surface area contributed by atoms with Gasteiger partial charge in [0.05, 0.1) is 7.11 Å². The summed E-state index contributed by atoms with van der Waals surface area (Å²) in [5.74, 6) is -0.0782. The van der Waals surface area contributed by atoms with Gasteiger partial charge in [-0.2, -0.15) is 0 Å². The van der Waals surface area contributed by atoms with E-state index in [2.05, 4.69) is 16.4 Å². The van der Waals surface area contributed by atoms with Gasteiger partial charge in [-0.1, -0.05) is 18.2 Å². The van der Waals surface area contributed by atoms with Gasteiger partial charge in [-0.25, -0.2) is 4.79 Å². The second-order valence-electron chi connectivity index (χ2n) is 6.75. The van der Waals surface area contributed by atoms with Crippen LogP contribution in [0.1, 0.15) is 27.2 Å². The normalized spacial score (nSPS) is 10.7. The Hall–Kier alpha value is -3.28. The van der Waals surface area contributed by atoms with Crippen molar-refractivity contribution in [2.75, 3.05) is 20.3 Å². The van der Waals surface area contributed by atoms with E-state index in [1.54, 1.807) is 13.2 Å². The van der Waals surface area contributed by atoms with E-state index in [9.17, 15) is 9.59 Å². The van der Waals surface area contributed by atoms with Gasteiger partial charge in [0.2, 0.25) is 0 Å². The summed E-state index contributed by atoms with van der Waals surface area (Å²) in [6.45, 7) is 4.15. The van der Waals surface area contributed by atoms with Crippen LogP contribution in [0.5, 0.6) is 5.75 Å². The zero-order chi connectivity index (χ0) is 20.1. The van der Waals surface area contributed by atoms with Crippen molar-refractivity contribution in [3.05, 3.63) is 64.8 Å². The lowest BCUT2D eigenvalue weighted by Crippen LogP contribution is -2.30. The molecule has 0 atom stereocenters. The van der Waals surface area contributed by atoms with Crippen LogP contribution in [-0.4, -0.2) is 37.1 Å². The largest absolute Gasteiger partial charge is 0.497 e. The first-order valence-electron chi connectivity index (χ1n) is 9.13. The SMILES string of the molecule is COc1ccc(CCNC(=O)COC(=O)c2cc3c(C)cc(C)cc3[nH]2)cc1. The van der Waals surface area contributed by atoms with Crippen LogP contribution in [-0.2, 0) is 16.0 Å². The molecule has 0 aliphatic rings. The Morgan fingerprint density at radius 2 is 1.82 bits per heavy atom. The second kappa shape index (κ2) is 8.61. The van der Waals surface area contributed by atoms with Crippen molar-refractivity contribution in [1.29, 1.82) is 0 Å². The number of aromatic amines is 1. The summed E-state index contributed by atoms with van der Waals surface area (Å²) in [7, 11) is 1.62. The highest BCUT2D eigenvalue weighted by Crippen LogP contribution is 2.21. The minimum atomic E-state index is -0.543. The third-order valence-electron chi connectivity index (χ3n) is 4.54. The van der Waals surface area contributed by atoms with Crippen LogP contribution < -0.4 is 10.1 Å². The minimum absolute atomic E-state index is 0.311. The maximum absolute atomic E-state index is 12.2. The van der Waals surface area contributed by atoms with Crippen molar-refractivity contribution in [3.63, 3.8) is 0 Å². The smallest absolute Gasteiger partial charge is 0.355 e. The van der Waals surface area contributed by atoms with E-state index in [0.717, 1.165) is 33.3 Å². The Morgan fingerprint density at radius 3 is 2.54 bits per heavy atom. The van der Waals surface area contributed by atoms with Gasteiger partial charge in [-0.05, 0) is 61.2 Å². The quantitative estimate of drug-likeness (QED) is 0.616. The molecule has 28 heavy (non-hydrogen) atoms. The molecule has 2 aromatic carbocycles. The van der Waals surface area contributed by atoms with E-state index in [4.69, 9.17) is 9.47 Å². The average molecular weight is 380 g/mol. The van der Waals surface area contributed by atoms with Crippen molar-refractivity contribution in [1.82, 2.24) is 10.3 Å². The van der Waals surface area contributed by atoms with Crippen LogP contribution in [0.2, 0.25) is 0 Å². The number of H-pyrrole nitrogens is 1. The summed E-state index contributed by atoms with van der Waals surface area (Å²) >= 11 is 0. The summed E-state index contributed by atoms with van der Waals surface area (Å²) in [4.78, 5) is 27.2. The van der Waals surface area contributed by atoms with Crippen LogP contribution in [0.3, 0.4) is 0 Å². The Balaban J connectivity index is 1.47. The molecule has 6 nitrogen and oxygen atoms in total. The van der Waals surface area contributed by atoms with Crippen LogP contribution in [0.25, 0.3) is 10.9 Å². The van der Waals surface area contributed by atoms with E-state index in [0.29, 0.717) is 18.7 Å². The fourth-order valence-electron chi connectivity index (χ4n) is 3.11. The zero-order valence-electron chi connectivity index (χ0n) is 16.3. The average Bonchev–Trinajstić information content (AvgIpc) is 3.11. The van der Waals surface area contributed by atoms with Gasteiger partial charge in [0.15, 0.2) is 6.61 Å². The van der Waals surface area contributed by atoms with E-state index in [1.165, 1.54) is 0 Å². The molecule has 0 fully saturated rings. The molecule has 146 valence electrons. The number of ether oxygens (including phenoxy) is 2. The van der Waals surface area contributed by atoms with Crippen molar-refractivity contribution in [2.45, 2.75) is 20.3 Å². The molecule has 0 spiro atoms. The van der Waals surface area contributed by atoms with Gasteiger partial charge in [0, 0.05) is 17.4 Å². The summed E-state index contributed by atoms with van der Waals surface area (Å²) < 4.78 is 10.2. The molecule has 0 radical (unpaired) electrons. The number of aromatic nitrogens is 1. The number of aryl methyl sites for hydroxylation is 2. The van der Waals surface area contributed by atoms with Gasteiger partial charge >= 0.3 is 5.97 Å². The summed E-state index contributed by atoms with van der Waals surface area (Å²) in [6, 6.07) is 13.4. The van der Waals surface area contributed by atoms with E-state index in [1.807, 2.05) is 44.2 Å². The number of benzene rings is 2. The van der Waals surface area contributed by atoms with Gasteiger partial charge in [-0.15, -0.1) is 0 Å². The van der Waals surface area contributed by atoms with Gasteiger partial charge in [-0.3, -0.25) is 4.79 Å². The standard InChI is InChI=1S/C22H24N2O4/c1-14-10-15(2)18-12-20(24-19(18)11-14)22(26)28-13-21(25)23-9-8-16-4-6-17(27-3)7-5-16/h4-7,10-12,24H,8-9,13H2,1-3H3,(H,23,25). The number of amides is 1. The molecule has 0 unspecified atom stereocenters. The molecule has 3 aromatic rings. The van der Waals surface area contributed by atoms with Crippen LogP contribution >= 0.6 is 0 Å². The van der Waals surface area contributed by atoms with Gasteiger partial charge in [0.1, 0.15) is 11.4 Å². The lowest BCUT2D eigenvalue weighted by molar-refractivity contribution is -0.124. The zero-order valence-corrected chi connectivity index (χ0v) is 16.3. The summed E-state index contributed by atoms with van der Waals surface area (Å²) in [5.41, 5.74) is 4.51. The predicted molar refractivity (Wildman–Crippen MR) is 108 cm³/mol. The molecule has 0 aliphatic heterocycles. The fourth-order valence-corrected chi connectivity index (χ4v) is 3.11. The fraction of sp³-hybridized carbons (Fsp3) is 0.273. The molecular formula is C22H24N2O4. The second-order valence-corrected chi connectivity index (χ2v) is 6.75. The Bertz CT molecular complexity index is 990. The van der Waals surface area contributed by atoms with Gasteiger partial charge < -0.3 is 19.8 Å². The van der Waals surface area contributed by atoms with Crippen molar-refractivity contribution >= 4 is 22.8 Å². The third kappa shape index (κ3) is 4.71. The Labute approximate surface area is 163 Å². The van der Waals surface area contributed by atoms with Crippen molar-refractivity contribution in [2.24, 2.45) is 0 Å². The maximum Gasteiger partial charge on any atom is 0.355 e. The number of esters is 1.